The van der Waals surface area contributed by atoms with Crippen LogP contribution in [0.4, 0.5) is 5.69 Å². The van der Waals surface area contributed by atoms with Crippen LogP contribution in [-0.2, 0) is 4.79 Å². The zero-order valence-corrected chi connectivity index (χ0v) is 14.8. The Morgan fingerprint density at radius 1 is 1.00 bits per heavy atom. The number of fused-ring (bicyclic) bond motifs is 1. The summed E-state index contributed by atoms with van der Waals surface area (Å²) in [4.78, 5) is 16.9. The minimum Gasteiger partial charge on any atom is -0.481 e. The Bertz CT molecular complexity index is 1040. The molecule has 0 saturated heterocycles. The molecule has 1 heterocycles. The molecule has 0 fully saturated rings. The first-order chi connectivity index (χ1) is 13.2. The van der Waals surface area contributed by atoms with E-state index in [4.69, 9.17) is 9.15 Å². The highest BCUT2D eigenvalue weighted by molar-refractivity contribution is 5.94. The van der Waals surface area contributed by atoms with Crippen molar-refractivity contribution in [3.8, 4) is 17.2 Å². The first kappa shape index (κ1) is 16.8. The topological polar surface area (TPSA) is 64.4 Å². The fourth-order valence-electron chi connectivity index (χ4n) is 2.73. The number of rotatable bonds is 5. The van der Waals surface area contributed by atoms with Crippen LogP contribution in [0, 0.1) is 0 Å². The van der Waals surface area contributed by atoms with Crippen molar-refractivity contribution in [1.29, 1.82) is 0 Å². The summed E-state index contributed by atoms with van der Waals surface area (Å²) in [5.74, 6) is 0.940. The molecule has 4 aromatic rings. The summed E-state index contributed by atoms with van der Waals surface area (Å²) >= 11 is 0. The Labute approximate surface area is 156 Å². The molecule has 0 spiro atoms. The van der Waals surface area contributed by atoms with E-state index < -0.39 is 6.10 Å². The van der Waals surface area contributed by atoms with Gasteiger partial charge in [0.1, 0.15) is 11.3 Å². The summed E-state index contributed by atoms with van der Waals surface area (Å²) in [6.07, 6.45) is -0.625. The lowest BCUT2D eigenvalue weighted by Crippen LogP contribution is -2.30. The van der Waals surface area contributed by atoms with Gasteiger partial charge >= 0.3 is 0 Å². The number of benzene rings is 3. The van der Waals surface area contributed by atoms with Gasteiger partial charge in [-0.25, -0.2) is 4.98 Å². The summed E-state index contributed by atoms with van der Waals surface area (Å²) in [5, 5.41) is 2.87. The van der Waals surface area contributed by atoms with E-state index in [0.29, 0.717) is 17.3 Å². The molecular weight excluding hydrogens is 340 g/mol. The molecule has 3 aromatic carbocycles. The number of aromatic nitrogens is 1. The normalized spacial score (nSPS) is 11.9. The fourth-order valence-corrected chi connectivity index (χ4v) is 2.73. The monoisotopic (exact) mass is 358 g/mol. The van der Waals surface area contributed by atoms with Crippen LogP contribution in [0.3, 0.4) is 0 Å². The molecule has 27 heavy (non-hydrogen) atoms. The van der Waals surface area contributed by atoms with Gasteiger partial charge in [-0.1, -0.05) is 36.4 Å². The number of carbonyl (C=O) groups is 1. The van der Waals surface area contributed by atoms with Gasteiger partial charge < -0.3 is 14.5 Å². The molecule has 1 atom stereocenters. The molecule has 0 aliphatic heterocycles. The molecule has 0 aliphatic carbocycles. The smallest absolute Gasteiger partial charge is 0.265 e. The molecular formula is C22H18N2O3. The molecule has 0 bridgehead atoms. The first-order valence-corrected chi connectivity index (χ1v) is 8.67. The van der Waals surface area contributed by atoms with Crippen LogP contribution in [0.1, 0.15) is 6.92 Å². The quantitative estimate of drug-likeness (QED) is 0.551. The molecule has 1 aromatic heterocycles. The van der Waals surface area contributed by atoms with Gasteiger partial charge in [0.05, 0.1) is 0 Å². The summed E-state index contributed by atoms with van der Waals surface area (Å²) < 4.78 is 11.5. The molecule has 5 heteroatoms. The zero-order valence-electron chi connectivity index (χ0n) is 14.8. The number of hydrogen-bond donors (Lipinski definition) is 1. The Morgan fingerprint density at radius 2 is 1.78 bits per heavy atom. The number of amides is 1. The van der Waals surface area contributed by atoms with Gasteiger partial charge in [-0.3, -0.25) is 4.79 Å². The standard InChI is InChI=1S/C22H18N2O3/c1-15(26-18-10-3-2-4-11-18)21(25)23-17-9-7-8-16(14-17)22-24-19-12-5-6-13-20(19)27-22/h2-15H,1H3,(H,23,25)/t15-/m1/s1. The molecule has 0 saturated carbocycles. The van der Waals surface area contributed by atoms with E-state index in [1.54, 1.807) is 6.92 Å². The average Bonchev–Trinajstić information content (AvgIpc) is 3.13. The zero-order chi connectivity index (χ0) is 18.6. The Balaban J connectivity index is 1.49. The van der Waals surface area contributed by atoms with E-state index in [0.717, 1.165) is 16.7 Å². The molecule has 4 rings (SSSR count). The second-order valence-electron chi connectivity index (χ2n) is 6.13. The second kappa shape index (κ2) is 7.33. The predicted molar refractivity (Wildman–Crippen MR) is 105 cm³/mol. The van der Waals surface area contributed by atoms with Crippen LogP contribution in [0.5, 0.6) is 5.75 Å². The third kappa shape index (κ3) is 3.82. The van der Waals surface area contributed by atoms with Crippen molar-refractivity contribution in [2.24, 2.45) is 0 Å². The predicted octanol–water partition coefficient (Wildman–Crippen LogP) is 4.90. The Morgan fingerprint density at radius 3 is 2.59 bits per heavy atom. The molecule has 0 radical (unpaired) electrons. The van der Waals surface area contributed by atoms with Crippen molar-refractivity contribution in [2.45, 2.75) is 13.0 Å². The summed E-state index contributed by atoms with van der Waals surface area (Å²) in [5.41, 5.74) is 2.97. The van der Waals surface area contributed by atoms with Crippen molar-refractivity contribution < 1.29 is 13.9 Å². The number of para-hydroxylation sites is 3. The lowest BCUT2D eigenvalue weighted by molar-refractivity contribution is -0.122. The lowest BCUT2D eigenvalue weighted by atomic mass is 10.2. The van der Waals surface area contributed by atoms with E-state index in [1.165, 1.54) is 0 Å². The minimum atomic E-state index is -0.625. The van der Waals surface area contributed by atoms with Gasteiger partial charge in [0.15, 0.2) is 11.7 Å². The highest BCUT2D eigenvalue weighted by Crippen LogP contribution is 2.26. The number of ether oxygens (including phenoxy) is 1. The maximum absolute atomic E-state index is 12.4. The van der Waals surface area contributed by atoms with E-state index in [1.807, 2.05) is 78.9 Å². The van der Waals surface area contributed by atoms with Gasteiger partial charge in [0.25, 0.3) is 5.91 Å². The van der Waals surface area contributed by atoms with Crippen molar-refractivity contribution in [2.75, 3.05) is 5.32 Å². The fraction of sp³-hybridized carbons (Fsp3) is 0.0909. The summed E-state index contributed by atoms with van der Waals surface area (Å²) in [6, 6.07) is 24.3. The molecule has 1 N–H and O–H groups in total. The molecule has 0 unspecified atom stereocenters. The van der Waals surface area contributed by atoms with Gasteiger partial charge in [0, 0.05) is 11.3 Å². The maximum atomic E-state index is 12.4. The van der Waals surface area contributed by atoms with E-state index in [-0.39, 0.29) is 5.91 Å². The van der Waals surface area contributed by atoms with Crippen molar-refractivity contribution >= 4 is 22.7 Å². The lowest BCUT2D eigenvalue weighted by Gasteiger charge is -2.14. The Kier molecular flexibility index (Phi) is 4.58. The first-order valence-electron chi connectivity index (χ1n) is 8.67. The van der Waals surface area contributed by atoms with Gasteiger partial charge in [-0.15, -0.1) is 0 Å². The molecule has 134 valence electrons. The maximum Gasteiger partial charge on any atom is 0.265 e. The van der Waals surface area contributed by atoms with Gasteiger partial charge in [0.2, 0.25) is 5.89 Å². The number of nitrogens with zero attached hydrogens (tertiary/aromatic N) is 1. The van der Waals surface area contributed by atoms with Crippen LogP contribution >= 0.6 is 0 Å². The number of anilines is 1. The van der Waals surface area contributed by atoms with Crippen LogP contribution in [0.15, 0.2) is 83.3 Å². The van der Waals surface area contributed by atoms with Crippen LogP contribution in [0.2, 0.25) is 0 Å². The van der Waals surface area contributed by atoms with E-state index in [2.05, 4.69) is 10.3 Å². The van der Waals surface area contributed by atoms with Gasteiger partial charge in [-0.05, 0) is 49.4 Å². The SMILES string of the molecule is C[C@@H](Oc1ccccc1)C(=O)Nc1cccc(-c2nc3ccccc3o2)c1. The summed E-state index contributed by atoms with van der Waals surface area (Å²) in [6.45, 7) is 1.72. The molecule has 5 nitrogen and oxygen atoms in total. The molecule has 0 aliphatic rings. The number of carbonyl (C=O) groups excluding carboxylic acids is 1. The summed E-state index contributed by atoms with van der Waals surface area (Å²) in [7, 11) is 0. The Hall–Kier alpha value is -3.60. The van der Waals surface area contributed by atoms with Crippen molar-refractivity contribution in [3.63, 3.8) is 0 Å². The van der Waals surface area contributed by atoms with E-state index in [9.17, 15) is 4.79 Å². The largest absolute Gasteiger partial charge is 0.481 e. The van der Waals surface area contributed by atoms with E-state index >= 15 is 0 Å². The number of oxazole rings is 1. The van der Waals surface area contributed by atoms with Crippen LogP contribution < -0.4 is 10.1 Å². The van der Waals surface area contributed by atoms with Crippen LogP contribution in [0.25, 0.3) is 22.6 Å². The number of nitrogens with one attached hydrogen (secondary N) is 1. The highest BCUT2D eigenvalue weighted by Gasteiger charge is 2.15. The van der Waals surface area contributed by atoms with Crippen molar-refractivity contribution in [1.82, 2.24) is 4.98 Å². The van der Waals surface area contributed by atoms with Crippen LogP contribution in [-0.4, -0.2) is 17.0 Å². The number of hydrogen-bond acceptors (Lipinski definition) is 4. The average molecular weight is 358 g/mol. The third-order valence-electron chi connectivity index (χ3n) is 4.10. The van der Waals surface area contributed by atoms with Gasteiger partial charge in [-0.2, -0.15) is 0 Å². The molecule has 1 amide bonds. The van der Waals surface area contributed by atoms with Crippen molar-refractivity contribution in [3.05, 3.63) is 78.9 Å². The third-order valence-corrected chi connectivity index (χ3v) is 4.10. The highest BCUT2D eigenvalue weighted by atomic mass is 16.5. The minimum absolute atomic E-state index is 0.228. The second-order valence-corrected chi connectivity index (χ2v) is 6.13.